The highest BCUT2D eigenvalue weighted by Gasteiger charge is 2.16. The van der Waals surface area contributed by atoms with Crippen LogP contribution in [-0.4, -0.2) is 61.0 Å². The lowest BCUT2D eigenvalue weighted by Crippen LogP contribution is -2.36. The summed E-state index contributed by atoms with van der Waals surface area (Å²) in [5.74, 6) is 1.30. The van der Waals surface area contributed by atoms with E-state index >= 15 is 0 Å². The van der Waals surface area contributed by atoms with Crippen LogP contribution in [0.4, 0.5) is 0 Å². The van der Waals surface area contributed by atoms with Crippen molar-refractivity contribution in [1.82, 2.24) is 9.80 Å². The van der Waals surface area contributed by atoms with Gasteiger partial charge >= 0.3 is 0 Å². The van der Waals surface area contributed by atoms with Crippen molar-refractivity contribution in [3.63, 3.8) is 0 Å². The van der Waals surface area contributed by atoms with Gasteiger partial charge in [0.05, 0.1) is 0 Å². The van der Waals surface area contributed by atoms with Crippen LogP contribution in [0.25, 0.3) is 0 Å². The Balaban J connectivity index is -0.000000301. The molecular formula is C40H88N2O4. The fraction of sp³-hybridized carbons (Fsp3) is 0.800. The van der Waals surface area contributed by atoms with Gasteiger partial charge in [-0.25, -0.2) is 0 Å². The van der Waals surface area contributed by atoms with E-state index in [2.05, 4.69) is 34.6 Å². The highest BCUT2D eigenvalue weighted by Crippen LogP contribution is 2.24. The largest absolute Gasteiger partial charge is 0.484 e. The average Bonchev–Trinajstić information content (AvgIpc) is 2.93. The maximum atomic E-state index is 13.0. The van der Waals surface area contributed by atoms with Gasteiger partial charge in [0.25, 0.3) is 11.8 Å². The van der Waals surface area contributed by atoms with Crippen LogP contribution < -0.4 is 9.47 Å². The number of amides is 2. The summed E-state index contributed by atoms with van der Waals surface area (Å²) in [5.41, 5.74) is 1.06. The third kappa shape index (κ3) is 28.0. The third-order valence-electron chi connectivity index (χ3n) is 6.90. The molecule has 0 bridgehead atoms. The maximum absolute atomic E-state index is 13.0. The summed E-state index contributed by atoms with van der Waals surface area (Å²) < 4.78 is 11.9. The van der Waals surface area contributed by atoms with Crippen LogP contribution in [-0.2, 0) is 16.0 Å². The Morgan fingerprint density at radius 3 is 1.00 bits per heavy atom. The van der Waals surface area contributed by atoms with E-state index in [-0.39, 0.29) is 84.4 Å². The van der Waals surface area contributed by atoms with E-state index in [0.29, 0.717) is 11.5 Å². The predicted molar refractivity (Wildman–Crippen MR) is 212 cm³/mol. The number of carbonyl (C=O) groups is 2. The van der Waals surface area contributed by atoms with Gasteiger partial charge in [-0.05, 0) is 49.8 Å². The lowest BCUT2D eigenvalue weighted by Gasteiger charge is -2.23. The van der Waals surface area contributed by atoms with E-state index in [0.717, 1.165) is 115 Å². The lowest BCUT2D eigenvalue weighted by atomic mass is 10.1. The van der Waals surface area contributed by atoms with Gasteiger partial charge in [-0.15, -0.1) is 0 Å². The number of hydrogen-bond donors (Lipinski definition) is 0. The molecule has 1 aromatic carbocycles. The Morgan fingerprint density at radius 2 is 0.761 bits per heavy atom. The Bertz CT molecular complexity index is 691. The molecule has 0 radical (unpaired) electrons. The molecule has 0 aromatic heterocycles. The molecule has 2 amide bonds. The first-order chi connectivity index (χ1) is 18.5. The number of hydrogen-bond acceptors (Lipinski definition) is 4. The fourth-order valence-electron chi connectivity index (χ4n) is 4.41. The van der Waals surface area contributed by atoms with Crippen LogP contribution >= 0.6 is 0 Å². The summed E-state index contributed by atoms with van der Waals surface area (Å²) in [4.78, 5) is 29.9. The van der Waals surface area contributed by atoms with Gasteiger partial charge in [-0.1, -0.05) is 145 Å². The van der Waals surface area contributed by atoms with E-state index in [1.54, 1.807) is 6.07 Å². The molecule has 0 heterocycles. The molecule has 0 N–H and O–H groups in total. The van der Waals surface area contributed by atoms with E-state index in [9.17, 15) is 9.59 Å². The van der Waals surface area contributed by atoms with Gasteiger partial charge in [-0.2, -0.15) is 0 Å². The third-order valence-corrected chi connectivity index (χ3v) is 6.90. The molecule has 1 rings (SSSR count). The van der Waals surface area contributed by atoms with E-state index in [1.165, 1.54) is 0 Å². The molecule has 0 unspecified atom stereocenters. The van der Waals surface area contributed by atoms with Crippen LogP contribution in [0.3, 0.4) is 0 Å². The maximum Gasteiger partial charge on any atom is 0.260 e. The van der Waals surface area contributed by atoms with Crippen LogP contribution in [0, 0.1) is 0 Å². The summed E-state index contributed by atoms with van der Waals surface area (Å²) in [6.07, 6.45) is 14.0. The Kier molecular flexibility index (Phi) is 55.5. The van der Waals surface area contributed by atoms with Crippen molar-refractivity contribution in [2.24, 2.45) is 0 Å². The summed E-state index contributed by atoms with van der Waals surface area (Å²) in [7, 11) is 0. The number of nitrogens with zero attached hydrogens (tertiary/aromatic N) is 2. The summed E-state index contributed by atoms with van der Waals surface area (Å²) in [6.45, 7) is 14.0. The smallest absolute Gasteiger partial charge is 0.260 e. The Morgan fingerprint density at radius 1 is 0.478 bits per heavy atom. The normalized spacial score (nSPS) is 8.98. The number of unbranched alkanes of at least 4 members (excludes halogenated alkanes) is 8. The minimum absolute atomic E-state index is 0. The molecule has 1 aromatic rings. The molecule has 0 fully saturated rings. The molecule has 0 aliphatic rings. The minimum atomic E-state index is 0. The van der Waals surface area contributed by atoms with E-state index in [1.807, 2.05) is 21.9 Å². The van der Waals surface area contributed by atoms with Gasteiger partial charge in [0, 0.05) is 32.2 Å². The van der Waals surface area contributed by atoms with E-state index < -0.39 is 0 Å². The average molecular weight is 661 g/mol. The van der Waals surface area contributed by atoms with Crippen molar-refractivity contribution in [2.45, 2.75) is 178 Å². The van der Waals surface area contributed by atoms with Crippen LogP contribution in [0.1, 0.15) is 177 Å². The van der Waals surface area contributed by atoms with Gasteiger partial charge in [0.1, 0.15) is 11.5 Å². The van der Waals surface area contributed by atoms with Crippen molar-refractivity contribution in [3.05, 3.63) is 23.8 Å². The van der Waals surface area contributed by atoms with Crippen LogP contribution in [0.2, 0.25) is 0 Å². The van der Waals surface area contributed by atoms with Crippen molar-refractivity contribution in [3.8, 4) is 11.5 Å². The molecular weight excluding hydrogens is 572 g/mol. The zero-order valence-corrected chi connectivity index (χ0v) is 25.2. The summed E-state index contributed by atoms with van der Waals surface area (Å²) in [6, 6.07) is 5.72. The van der Waals surface area contributed by atoms with Gasteiger partial charge < -0.3 is 19.3 Å². The van der Waals surface area contributed by atoms with Crippen molar-refractivity contribution < 1.29 is 19.1 Å². The molecule has 46 heavy (non-hydrogen) atoms. The van der Waals surface area contributed by atoms with Crippen LogP contribution in [0.5, 0.6) is 11.5 Å². The SMILES string of the molecule is C.C.C.C.C.C.C.C.CCCCCN(CCCCC)C(=O)COc1cc(CC)cc(OCC(=O)N(CCCCC)CCCCC)c1. The monoisotopic (exact) mass is 661 g/mol. The quantitative estimate of drug-likeness (QED) is 0.110. The first-order valence-electron chi connectivity index (χ1n) is 15.4. The molecule has 282 valence electrons. The second kappa shape index (κ2) is 40.8. The fourth-order valence-corrected chi connectivity index (χ4v) is 4.41. The topological polar surface area (TPSA) is 59.1 Å². The first-order valence-corrected chi connectivity index (χ1v) is 15.4. The summed E-state index contributed by atoms with van der Waals surface area (Å²) >= 11 is 0. The molecule has 0 atom stereocenters. The predicted octanol–water partition coefficient (Wildman–Crippen LogP) is 12.5. The zero-order valence-electron chi connectivity index (χ0n) is 25.2. The highest BCUT2D eigenvalue weighted by molar-refractivity contribution is 5.78. The molecule has 0 saturated heterocycles. The molecule has 0 aliphatic heterocycles. The van der Waals surface area contributed by atoms with Gasteiger partial charge in [0.15, 0.2) is 13.2 Å². The van der Waals surface area contributed by atoms with Gasteiger partial charge in [0.2, 0.25) is 0 Å². The molecule has 6 nitrogen and oxygen atoms in total. The summed E-state index contributed by atoms with van der Waals surface area (Å²) in [5, 5.41) is 0. The zero-order chi connectivity index (χ0) is 28.0. The minimum Gasteiger partial charge on any atom is -0.484 e. The lowest BCUT2D eigenvalue weighted by molar-refractivity contribution is -0.134. The number of aryl methyl sites for hydroxylation is 1. The molecule has 0 aliphatic carbocycles. The molecule has 0 saturated carbocycles. The van der Waals surface area contributed by atoms with Crippen LogP contribution in [0.15, 0.2) is 18.2 Å². The number of ether oxygens (including phenoxy) is 2. The molecule has 0 spiro atoms. The van der Waals surface area contributed by atoms with Gasteiger partial charge in [-0.3, -0.25) is 9.59 Å². The van der Waals surface area contributed by atoms with E-state index in [4.69, 9.17) is 9.47 Å². The van der Waals surface area contributed by atoms with Crippen molar-refractivity contribution in [1.29, 1.82) is 0 Å². The number of benzene rings is 1. The highest BCUT2D eigenvalue weighted by atomic mass is 16.5. The molecule has 6 heteroatoms. The Hall–Kier alpha value is -2.24. The Labute approximate surface area is 292 Å². The number of rotatable bonds is 23. The van der Waals surface area contributed by atoms with Crippen molar-refractivity contribution in [2.75, 3.05) is 39.4 Å². The number of carbonyl (C=O) groups excluding carboxylic acids is 2. The van der Waals surface area contributed by atoms with Crippen molar-refractivity contribution >= 4 is 11.8 Å². The second-order valence-electron chi connectivity index (χ2n) is 10.3. The standard InChI is InChI=1S/C32H56N2O4.8CH4/c1-6-11-15-19-33(20-16-12-7-2)31(35)26-37-29-23-28(10-5)24-30(25-29)38-27-32(36)34(21-17-13-8-3)22-18-14-9-4;;;;;;;;/h23-25H,6-22,26-27H2,1-5H3;8*1H4. The second-order valence-corrected chi connectivity index (χ2v) is 10.3. The first kappa shape index (κ1) is 62.6.